The van der Waals surface area contributed by atoms with E-state index in [2.05, 4.69) is 26.8 Å². The molecule has 8 heteroatoms. The van der Waals surface area contributed by atoms with Crippen LogP contribution in [0.2, 0.25) is 0 Å². The maximum absolute atomic E-state index is 12.6. The third kappa shape index (κ3) is 7.65. The topological polar surface area (TPSA) is 81.8 Å². The Morgan fingerprint density at radius 3 is 2.30 bits per heavy atom. The van der Waals surface area contributed by atoms with Crippen molar-refractivity contribution in [2.24, 2.45) is 0 Å². The van der Waals surface area contributed by atoms with Gasteiger partial charge < -0.3 is 15.1 Å². The van der Waals surface area contributed by atoms with Crippen molar-refractivity contribution in [1.29, 1.82) is 0 Å². The summed E-state index contributed by atoms with van der Waals surface area (Å²) in [5.74, 6) is -0.225. The molecule has 2 rings (SSSR count). The first kappa shape index (κ1) is 24.8. The first-order valence-electron chi connectivity index (χ1n) is 10.9. The molecule has 7 nitrogen and oxygen atoms in total. The quantitative estimate of drug-likeness (QED) is 0.578. The predicted octanol–water partition coefficient (Wildman–Crippen LogP) is 2.22. The van der Waals surface area contributed by atoms with Gasteiger partial charge in [0.2, 0.25) is 10.0 Å². The number of nitrogens with zero attached hydrogens (tertiary/aromatic N) is 2. The maximum Gasteiger partial charge on any atom is 0.251 e. The van der Waals surface area contributed by atoms with Crippen LogP contribution in [0.15, 0.2) is 23.1 Å². The van der Waals surface area contributed by atoms with E-state index >= 15 is 0 Å². The largest absolute Gasteiger partial charge is 0.352 e. The molecule has 0 unspecified atom stereocenters. The number of hydrogen-bond acceptors (Lipinski definition) is 5. The lowest BCUT2D eigenvalue weighted by Gasteiger charge is -2.33. The van der Waals surface area contributed by atoms with Crippen molar-refractivity contribution in [1.82, 2.24) is 19.8 Å². The van der Waals surface area contributed by atoms with E-state index in [1.807, 2.05) is 6.92 Å². The summed E-state index contributed by atoms with van der Waals surface area (Å²) in [6.07, 6.45) is 1.94. The highest BCUT2D eigenvalue weighted by molar-refractivity contribution is 7.89. The number of carbonyl (C=O) groups is 1. The molecule has 1 amide bonds. The Balaban J connectivity index is 1.84. The maximum atomic E-state index is 12.6. The van der Waals surface area contributed by atoms with E-state index < -0.39 is 15.6 Å². The lowest BCUT2D eigenvalue weighted by molar-refractivity contribution is 0.0950. The molecule has 0 bridgehead atoms. The minimum absolute atomic E-state index is 0.111. The van der Waals surface area contributed by atoms with Crippen molar-refractivity contribution in [2.45, 2.75) is 57.9 Å². The van der Waals surface area contributed by atoms with Crippen LogP contribution in [0.3, 0.4) is 0 Å². The monoisotopic (exact) mass is 438 g/mol. The van der Waals surface area contributed by atoms with Gasteiger partial charge in [0.15, 0.2) is 0 Å². The Morgan fingerprint density at radius 1 is 1.07 bits per heavy atom. The Kier molecular flexibility index (Phi) is 8.85. The molecule has 0 radical (unpaired) electrons. The van der Waals surface area contributed by atoms with Crippen LogP contribution in [0.5, 0.6) is 0 Å². The zero-order chi connectivity index (χ0) is 22.4. The summed E-state index contributed by atoms with van der Waals surface area (Å²) >= 11 is 0. The van der Waals surface area contributed by atoms with E-state index in [1.54, 1.807) is 32.9 Å². The minimum Gasteiger partial charge on any atom is -0.352 e. The number of benzene rings is 1. The average molecular weight is 439 g/mol. The second-order valence-electron chi connectivity index (χ2n) is 9.07. The lowest BCUT2D eigenvalue weighted by atomic mass is 10.1. The minimum atomic E-state index is -3.68. The molecule has 170 valence electrons. The lowest BCUT2D eigenvalue weighted by Crippen LogP contribution is -2.46. The van der Waals surface area contributed by atoms with E-state index in [-0.39, 0.29) is 10.8 Å². The van der Waals surface area contributed by atoms with Crippen molar-refractivity contribution in [2.75, 3.05) is 45.8 Å². The smallest absolute Gasteiger partial charge is 0.251 e. The van der Waals surface area contributed by atoms with Crippen LogP contribution in [0.1, 0.15) is 56.5 Å². The van der Waals surface area contributed by atoms with E-state index in [0.29, 0.717) is 12.1 Å². The van der Waals surface area contributed by atoms with E-state index in [0.717, 1.165) is 57.7 Å². The van der Waals surface area contributed by atoms with Gasteiger partial charge in [-0.25, -0.2) is 13.1 Å². The third-order valence-electron chi connectivity index (χ3n) is 5.30. The highest BCUT2D eigenvalue weighted by atomic mass is 32.2. The second-order valence-corrected chi connectivity index (χ2v) is 10.8. The highest BCUT2D eigenvalue weighted by Gasteiger charge is 2.23. The van der Waals surface area contributed by atoms with Gasteiger partial charge in [0, 0.05) is 43.8 Å². The number of sulfonamides is 1. The summed E-state index contributed by atoms with van der Waals surface area (Å²) in [4.78, 5) is 17.7. The van der Waals surface area contributed by atoms with Crippen molar-refractivity contribution < 1.29 is 13.2 Å². The van der Waals surface area contributed by atoms with Crippen LogP contribution in [-0.2, 0) is 10.0 Å². The van der Waals surface area contributed by atoms with Crippen LogP contribution in [0, 0.1) is 6.92 Å². The molecule has 0 aliphatic carbocycles. The van der Waals surface area contributed by atoms with Gasteiger partial charge in [-0.1, -0.05) is 13.0 Å². The Bertz CT molecular complexity index is 810. The van der Waals surface area contributed by atoms with Gasteiger partial charge in [0.1, 0.15) is 0 Å². The molecule has 0 spiro atoms. The molecule has 2 N–H and O–H groups in total. The zero-order valence-electron chi connectivity index (χ0n) is 19.1. The van der Waals surface area contributed by atoms with Crippen molar-refractivity contribution in [3.8, 4) is 0 Å². The summed E-state index contributed by atoms with van der Waals surface area (Å²) in [7, 11) is -3.68. The number of piperazine rings is 1. The van der Waals surface area contributed by atoms with E-state index in [9.17, 15) is 13.2 Å². The molecular formula is C22H38N4O3S. The Labute approximate surface area is 182 Å². The van der Waals surface area contributed by atoms with Crippen LogP contribution in [0.4, 0.5) is 0 Å². The highest BCUT2D eigenvalue weighted by Crippen LogP contribution is 2.17. The molecule has 1 fully saturated rings. The molecule has 0 saturated carbocycles. The van der Waals surface area contributed by atoms with E-state index in [1.165, 1.54) is 6.07 Å². The number of nitrogens with one attached hydrogen (secondary N) is 2. The summed E-state index contributed by atoms with van der Waals surface area (Å²) in [5, 5.41) is 2.94. The van der Waals surface area contributed by atoms with Gasteiger partial charge in [-0.3, -0.25) is 4.79 Å². The molecule has 1 saturated heterocycles. The molecule has 30 heavy (non-hydrogen) atoms. The predicted molar refractivity (Wildman–Crippen MR) is 121 cm³/mol. The molecule has 0 atom stereocenters. The van der Waals surface area contributed by atoms with Gasteiger partial charge in [-0.05, 0) is 71.3 Å². The summed E-state index contributed by atoms with van der Waals surface area (Å²) in [6, 6.07) is 4.69. The molecule has 1 aromatic rings. The number of likely N-dealkylation sites (N-methyl/N-ethyl adjacent to an activating group) is 1. The Morgan fingerprint density at radius 2 is 1.70 bits per heavy atom. The third-order valence-corrected chi connectivity index (χ3v) is 7.06. The number of aryl methyl sites for hydroxylation is 1. The van der Waals surface area contributed by atoms with Gasteiger partial charge in [0.05, 0.1) is 4.90 Å². The van der Waals surface area contributed by atoms with Crippen molar-refractivity contribution in [3.63, 3.8) is 0 Å². The first-order chi connectivity index (χ1) is 14.0. The SMILES string of the molecule is CCN1CCN(CCCCNC(=O)c2cc(S(=O)(=O)NC(C)(C)C)ccc2C)CC1. The van der Waals surface area contributed by atoms with Crippen LogP contribution in [0.25, 0.3) is 0 Å². The fourth-order valence-electron chi connectivity index (χ4n) is 3.56. The first-order valence-corrected chi connectivity index (χ1v) is 12.4. The number of hydrogen-bond donors (Lipinski definition) is 2. The normalized spacial score (nSPS) is 16.6. The van der Waals surface area contributed by atoms with Gasteiger partial charge in [-0.15, -0.1) is 0 Å². The number of rotatable bonds is 9. The molecule has 0 aromatic heterocycles. The fraction of sp³-hybridized carbons (Fsp3) is 0.682. The van der Waals surface area contributed by atoms with Crippen molar-refractivity contribution >= 4 is 15.9 Å². The molecule has 1 aromatic carbocycles. The molecular weight excluding hydrogens is 400 g/mol. The van der Waals surface area contributed by atoms with Crippen LogP contribution >= 0.6 is 0 Å². The molecule has 1 heterocycles. The zero-order valence-corrected chi connectivity index (χ0v) is 19.9. The van der Waals surface area contributed by atoms with Crippen molar-refractivity contribution in [3.05, 3.63) is 29.3 Å². The number of unbranched alkanes of at least 4 members (excludes halogenated alkanes) is 1. The summed E-state index contributed by atoms with van der Waals surface area (Å²) in [6.45, 7) is 16.6. The second kappa shape index (κ2) is 10.7. The standard InChI is InChI=1S/C22H38N4O3S/c1-6-25-13-15-26(16-14-25)12-8-7-11-23-21(27)20-17-19(10-9-18(20)2)30(28,29)24-22(3,4)5/h9-10,17,24H,6-8,11-16H2,1-5H3,(H,23,27). The Hall–Kier alpha value is -1.48. The summed E-state index contributed by atoms with van der Waals surface area (Å²) < 4.78 is 27.8. The number of carbonyl (C=O) groups excluding carboxylic acids is 1. The molecule has 1 aliphatic heterocycles. The number of amides is 1. The van der Waals surface area contributed by atoms with E-state index in [4.69, 9.17) is 0 Å². The van der Waals surface area contributed by atoms with Gasteiger partial charge >= 0.3 is 0 Å². The molecule has 1 aliphatic rings. The van der Waals surface area contributed by atoms with Crippen LogP contribution < -0.4 is 10.0 Å². The fourth-order valence-corrected chi connectivity index (χ4v) is 5.01. The van der Waals surface area contributed by atoms with Gasteiger partial charge in [0.25, 0.3) is 5.91 Å². The average Bonchev–Trinajstić information content (AvgIpc) is 2.66. The summed E-state index contributed by atoms with van der Waals surface area (Å²) in [5.41, 5.74) is 0.577. The van der Waals surface area contributed by atoms with Crippen LogP contribution in [-0.4, -0.2) is 75.5 Å². The van der Waals surface area contributed by atoms with Gasteiger partial charge in [-0.2, -0.15) is 0 Å².